The normalized spacial score (nSPS) is 14.0. The lowest BCUT2D eigenvalue weighted by Gasteiger charge is -2.14. The van der Waals surface area contributed by atoms with Crippen molar-refractivity contribution in [2.75, 3.05) is 13.2 Å². The first-order valence-corrected chi connectivity index (χ1v) is 8.60. The maximum atomic E-state index is 10.8. The number of hydrogen-bond acceptors (Lipinski definition) is 4. The van der Waals surface area contributed by atoms with Crippen LogP contribution in [0.5, 0.6) is 0 Å². The molecule has 2 unspecified atom stereocenters. The number of carbonyl (C=O) groups is 1. The molecule has 0 aromatic rings. The molecule has 0 spiro atoms. The third-order valence-corrected chi connectivity index (χ3v) is 3.71. The molecular formula is C17H34O4. The van der Waals surface area contributed by atoms with Gasteiger partial charge < -0.3 is 19.7 Å². The zero-order chi connectivity index (χ0) is 15.8. The predicted octanol–water partition coefficient (Wildman–Crippen LogP) is 3.23. The van der Waals surface area contributed by atoms with Crippen LogP contribution in [0.1, 0.15) is 77.6 Å². The summed E-state index contributed by atoms with van der Waals surface area (Å²) in [5.74, 6) is 0. The van der Waals surface area contributed by atoms with Gasteiger partial charge in [0.25, 0.3) is 0 Å². The third kappa shape index (κ3) is 14.3. The van der Waals surface area contributed by atoms with Gasteiger partial charge in [0.15, 0.2) is 0 Å². The number of aldehydes is 1. The van der Waals surface area contributed by atoms with Gasteiger partial charge in [0, 0.05) is 0 Å². The molecule has 4 heteroatoms. The van der Waals surface area contributed by atoms with Crippen LogP contribution in [0.25, 0.3) is 0 Å². The minimum atomic E-state index is -0.889. The second kappa shape index (κ2) is 15.9. The molecule has 0 fully saturated rings. The van der Waals surface area contributed by atoms with E-state index in [-0.39, 0.29) is 13.2 Å². The van der Waals surface area contributed by atoms with E-state index >= 15 is 0 Å². The summed E-state index contributed by atoms with van der Waals surface area (Å²) in [6.07, 6.45) is 12.8. The molecular weight excluding hydrogens is 268 g/mol. The smallest absolute Gasteiger partial charge is 0.148 e. The Hall–Kier alpha value is -0.450. The van der Waals surface area contributed by atoms with Crippen molar-refractivity contribution in [2.24, 2.45) is 0 Å². The summed E-state index contributed by atoms with van der Waals surface area (Å²) in [4.78, 5) is 10.8. The van der Waals surface area contributed by atoms with E-state index in [9.17, 15) is 4.79 Å². The van der Waals surface area contributed by atoms with E-state index in [0.717, 1.165) is 19.1 Å². The van der Waals surface area contributed by atoms with Gasteiger partial charge in [0.05, 0.1) is 13.2 Å². The third-order valence-electron chi connectivity index (χ3n) is 3.71. The van der Waals surface area contributed by atoms with Gasteiger partial charge in [-0.3, -0.25) is 0 Å². The van der Waals surface area contributed by atoms with Gasteiger partial charge in [0.2, 0.25) is 0 Å². The number of hydrogen-bond donors (Lipinski definition) is 2. The van der Waals surface area contributed by atoms with E-state index in [2.05, 4.69) is 6.92 Å². The lowest BCUT2D eigenvalue weighted by atomic mass is 10.0. The molecule has 126 valence electrons. The van der Waals surface area contributed by atoms with Crippen molar-refractivity contribution in [3.63, 3.8) is 0 Å². The maximum absolute atomic E-state index is 10.8. The molecule has 0 radical (unpaired) electrons. The molecule has 21 heavy (non-hydrogen) atoms. The number of carbonyl (C=O) groups excluding carboxylic acids is 1. The monoisotopic (exact) mass is 302 g/mol. The molecule has 0 saturated carbocycles. The average Bonchev–Trinajstić information content (AvgIpc) is 2.51. The van der Waals surface area contributed by atoms with Gasteiger partial charge in [-0.2, -0.15) is 0 Å². The highest BCUT2D eigenvalue weighted by atomic mass is 16.5. The quantitative estimate of drug-likeness (QED) is 0.339. The van der Waals surface area contributed by atoms with Gasteiger partial charge in [-0.25, -0.2) is 0 Å². The van der Waals surface area contributed by atoms with Crippen LogP contribution in [0.4, 0.5) is 0 Å². The van der Waals surface area contributed by atoms with Crippen LogP contribution in [-0.4, -0.2) is 41.9 Å². The Morgan fingerprint density at radius 3 is 1.95 bits per heavy atom. The van der Waals surface area contributed by atoms with Crippen molar-refractivity contribution in [3.05, 3.63) is 0 Å². The molecule has 0 aliphatic rings. The van der Waals surface area contributed by atoms with Crippen LogP contribution in [0.15, 0.2) is 0 Å². The van der Waals surface area contributed by atoms with Crippen LogP contribution >= 0.6 is 0 Å². The number of rotatable bonds is 16. The molecule has 0 saturated heterocycles. The lowest BCUT2D eigenvalue weighted by Crippen LogP contribution is -2.25. The van der Waals surface area contributed by atoms with Crippen molar-refractivity contribution in [3.8, 4) is 0 Å². The topological polar surface area (TPSA) is 66.8 Å². The van der Waals surface area contributed by atoms with Crippen LogP contribution in [0.2, 0.25) is 0 Å². The highest BCUT2D eigenvalue weighted by molar-refractivity contribution is 5.55. The predicted molar refractivity (Wildman–Crippen MR) is 85.4 cm³/mol. The van der Waals surface area contributed by atoms with Crippen molar-refractivity contribution < 1.29 is 19.7 Å². The second-order valence-corrected chi connectivity index (χ2v) is 5.81. The minimum absolute atomic E-state index is 0.0255. The highest BCUT2D eigenvalue weighted by Crippen LogP contribution is 2.12. The van der Waals surface area contributed by atoms with Gasteiger partial charge in [-0.05, 0) is 6.42 Å². The molecule has 2 N–H and O–H groups in total. The Bertz CT molecular complexity index is 221. The average molecular weight is 302 g/mol. The standard InChI is InChI=1S/C17H34O4/c1-2-3-4-5-6-7-8-9-10-11-12-17(14-19)21-15-16(20)13-18/h14,16-18,20H,2-13,15H2,1H3. The Morgan fingerprint density at radius 1 is 0.952 bits per heavy atom. The lowest BCUT2D eigenvalue weighted by molar-refractivity contribution is -0.121. The van der Waals surface area contributed by atoms with Crippen molar-refractivity contribution in [1.82, 2.24) is 0 Å². The summed E-state index contributed by atoms with van der Waals surface area (Å²) in [7, 11) is 0. The molecule has 0 aliphatic heterocycles. The van der Waals surface area contributed by atoms with E-state index in [0.29, 0.717) is 6.42 Å². The van der Waals surface area contributed by atoms with E-state index in [1.165, 1.54) is 51.4 Å². The molecule has 0 aliphatic carbocycles. The highest BCUT2D eigenvalue weighted by Gasteiger charge is 2.10. The van der Waals surface area contributed by atoms with Crippen molar-refractivity contribution in [2.45, 2.75) is 89.8 Å². The summed E-state index contributed by atoms with van der Waals surface area (Å²) in [6.45, 7) is 1.93. The Balaban J connectivity index is 3.33. The van der Waals surface area contributed by atoms with Crippen LogP contribution < -0.4 is 0 Å². The van der Waals surface area contributed by atoms with Gasteiger partial charge in [0.1, 0.15) is 18.5 Å². The summed E-state index contributed by atoms with van der Waals surface area (Å²) in [6, 6.07) is 0. The first-order chi connectivity index (χ1) is 10.2. The SMILES string of the molecule is CCCCCCCCCCCCC(C=O)OCC(O)CO. The molecule has 0 rings (SSSR count). The number of aliphatic hydroxyl groups excluding tert-OH is 2. The van der Waals surface area contributed by atoms with E-state index in [4.69, 9.17) is 14.9 Å². The number of aliphatic hydroxyl groups is 2. The molecule has 0 heterocycles. The molecule has 4 nitrogen and oxygen atoms in total. The van der Waals surface area contributed by atoms with Crippen molar-refractivity contribution in [1.29, 1.82) is 0 Å². The summed E-state index contributed by atoms with van der Waals surface area (Å²) < 4.78 is 5.25. The van der Waals surface area contributed by atoms with E-state index in [1.807, 2.05) is 0 Å². The van der Waals surface area contributed by atoms with E-state index < -0.39 is 12.2 Å². The van der Waals surface area contributed by atoms with Gasteiger partial charge >= 0.3 is 0 Å². The maximum Gasteiger partial charge on any atom is 0.148 e. The fourth-order valence-electron chi connectivity index (χ4n) is 2.31. The van der Waals surface area contributed by atoms with E-state index in [1.54, 1.807) is 0 Å². The molecule has 2 atom stereocenters. The first kappa shape index (κ1) is 20.6. The Kier molecular flexibility index (Phi) is 15.6. The zero-order valence-electron chi connectivity index (χ0n) is 13.6. The fourth-order valence-corrected chi connectivity index (χ4v) is 2.31. The fraction of sp³-hybridized carbons (Fsp3) is 0.941. The van der Waals surface area contributed by atoms with Crippen LogP contribution in [0.3, 0.4) is 0 Å². The molecule has 0 aromatic carbocycles. The Labute approximate surface area is 129 Å². The Morgan fingerprint density at radius 2 is 1.48 bits per heavy atom. The number of unbranched alkanes of at least 4 members (excludes halogenated alkanes) is 9. The molecule has 0 amide bonds. The summed E-state index contributed by atoms with van der Waals surface area (Å²) in [5.41, 5.74) is 0. The van der Waals surface area contributed by atoms with Gasteiger partial charge in [-0.15, -0.1) is 0 Å². The number of ether oxygens (including phenoxy) is 1. The zero-order valence-corrected chi connectivity index (χ0v) is 13.6. The molecule has 0 aromatic heterocycles. The first-order valence-electron chi connectivity index (χ1n) is 8.60. The largest absolute Gasteiger partial charge is 0.394 e. The molecule has 0 bridgehead atoms. The minimum Gasteiger partial charge on any atom is -0.394 e. The summed E-state index contributed by atoms with van der Waals surface area (Å²) >= 11 is 0. The second-order valence-electron chi connectivity index (χ2n) is 5.81. The van der Waals surface area contributed by atoms with Crippen LogP contribution in [-0.2, 0) is 9.53 Å². The van der Waals surface area contributed by atoms with Gasteiger partial charge in [-0.1, -0.05) is 71.1 Å². The van der Waals surface area contributed by atoms with Crippen LogP contribution in [0, 0.1) is 0 Å². The summed E-state index contributed by atoms with van der Waals surface area (Å²) in [5, 5.41) is 17.8. The van der Waals surface area contributed by atoms with Crippen molar-refractivity contribution >= 4 is 6.29 Å².